The van der Waals surface area contributed by atoms with Crippen molar-refractivity contribution in [2.24, 2.45) is 7.05 Å². The average molecular weight is 297 g/mol. The van der Waals surface area contributed by atoms with Gasteiger partial charge in [-0.2, -0.15) is 0 Å². The maximum Gasteiger partial charge on any atom is 0.335 e. The Hall–Kier alpha value is -2.89. The summed E-state index contributed by atoms with van der Waals surface area (Å²) in [7, 11) is 1.83. The third-order valence-corrected chi connectivity index (χ3v) is 3.35. The van der Waals surface area contributed by atoms with Gasteiger partial charge in [0.05, 0.1) is 11.1 Å². The summed E-state index contributed by atoms with van der Waals surface area (Å²) in [6, 6.07) is 10.5. The highest BCUT2D eigenvalue weighted by Gasteiger charge is 2.12. The van der Waals surface area contributed by atoms with Crippen LogP contribution in [0.4, 0.5) is 0 Å². The van der Waals surface area contributed by atoms with Crippen LogP contribution in [-0.4, -0.2) is 25.8 Å². The lowest BCUT2D eigenvalue weighted by Gasteiger charge is -2.04. The molecule has 0 spiro atoms. The van der Waals surface area contributed by atoms with E-state index in [0.717, 1.165) is 16.8 Å². The number of carboxylic acids is 1. The first-order chi connectivity index (χ1) is 10.5. The molecule has 0 atom stereocenters. The quantitative estimate of drug-likeness (QED) is 0.800. The van der Waals surface area contributed by atoms with Crippen molar-refractivity contribution in [3.63, 3.8) is 0 Å². The molecule has 0 unspecified atom stereocenters. The van der Waals surface area contributed by atoms with Crippen LogP contribution >= 0.6 is 0 Å². The first-order valence-corrected chi connectivity index (χ1v) is 6.80. The highest BCUT2D eigenvalue weighted by Crippen LogP contribution is 2.23. The van der Waals surface area contributed by atoms with E-state index >= 15 is 0 Å². The molecule has 0 aliphatic rings. The highest BCUT2D eigenvalue weighted by atomic mass is 16.5. The van der Waals surface area contributed by atoms with Crippen molar-refractivity contribution >= 4 is 17.0 Å². The lowest BCUT2D eigenvalue weighted by molar-refractivity contribution is 0.0696. The number of hydrogen-bond acceptors (Lipinski definition) is 4. The third kappa shape index (κ3) is 2.63. The lowest BCUT2D eigenvalue weighted by atomic mass is 10.1. The minimum Gasteiger partial charge on any atom is -0.478 e. The number of pyridine rings is 1. The second kappa shape index (κ2) is 5.48. The summed E-state index contributed by atoms with van der Waals surface area (Å²) >= 11 is 0. The summed E-state index contributed by atoms with van der Waals surface area (Å²) in [6.07, 6.45) is 0. The number of rotatable bonds is 4. The number of fused-ring (bicyclic) bond motifs is 1. The Labute approximate surface area is 127 Å². The lowest BCUT2D eigenvalue weighted by Crippen LogP contribution is -2.01. The normalized spacial score (nSPS) is 10.8. The number of aromatic nitrogens is 3. The van der Waals surface area contributed by atoms with Crippen LogP contribution in [-0.2, 0) is 13.7 Å². The molecule has 6 nitrogen and oxygen atoms in total. The van der Waals surface area contributed by atoms with Crippen LogP contribution in [0.2, 0.25) is 0 Å². The largest absolute Gasteiger partial charge is 0.478 e. The van der Waals surface area contributed by atoms with Gasteiger partial charge in [0.15, 0.2) is 5.52 Å². The van der Waals surface area contributed by atoms with Gasteiger partial charge in [0.1, 0.15) is 6.61 Å². The predicted molar refractivity (Wildman–Crippen MR) is 81.0 cm³/mol. The van der Waals surface area contributed by atoms with Crippen LogP contribution < -0.4 is 4.74 Å². The van der Waals surface area contributed by atoms with Gasteiger partial charge in [0.25, 0.3) is 5.88 Å². The molecule has 2 aromatic heterocycles. The van der Waals surface area contributed by atoms with Crippen molar-refractivity contribution in [3.8, 4) is 5.88 Å². The molecule has 112 valence electrons. The zero-order valence-corrected chi connectivity index (χ0v) is 12.3. The minimum absolute atomic E-state index is 0.237. The SMILES string of the molecule is Cc1ccc2c(n1)c(OCc1cccc(C(=O)O)c1)nn2C. The fraction of sp³-hybridized carbons (Fsp3) is 0.188. The summed E-state index contributed by atoms with van der Waals surface area (Å²) < 4.78 is 7.44. The van der Waals surface area contributed by atoms with Crippen molar-refractivity contribution in [1.29, 1.82) is 0 Å². The molecule has 0 saturated carbocycles. The molecule has 22 heavy (non-hydrogen) atoms. The minimum atomic E-state index is -0.956. The molecule has 1 N–H and O–H groups in total. The molecule has 0 amide bonds. The summed E-state index contributed by atoms with van der Waals surface area (Å²) in [6.45, 7) is 2.15. The molecule has 0 bridgehead atoms. The summed E-state index contributed by atoms with van der Waals surface area (Å²) in [5.41, 5.74) is 3.49. The van der Waals surface area contributed by atoms with Crippen molar-refractivity contribution in [3.05, 3.63) is 53.2 Å². The Kier molecular flexibility index (Phi) is 3.50. The average Bonchev–Trinajstić information content (AvgIpc) is 2.81. The Morgan fingerprint density at radius 1 is 1.32 bits per heavy atom. The topological polar surface area (TPSA) is 77.2 Å². The Bertz CT molecular complexity index is 855. The van der Waals surface area contributed by atoms with E-state index in [1.165, 1.54) is 0 Å². The van der Waals surface area contributed by atoms with Crippen LogP contribution in [0, 0.1) is 6.92 Å². The standard InChI is InChI=1S/C16H15N3O3/c1-10-6-7-13-14(17-10)15(18-19(13)2)22-9-11-4-3-5-12(8-11)16(20)21/h3-8H,9H2,1-2H3,(H,20,21). The van der Waals surface area contributed by atoms with Crippen LogP contribution in [0.25, 0.3) is 11.0 Å². The van der Waals surface area contributed by atoms with E-state index < -0.39 is 5.97 Å². The van der Waals surface area contributed by atoms with Gasteiger partial charge in [-0.15, -0.1) is 5.10 Å². The molecule has 1 aromatic carbocycles. The number of aromatic carboxylic acids is 1. The van der Waals surface area contributed by atoms with E-state index in [9.17, 15) is 4.79 Å². The number of carboxylic acid groups (broad SMARTS) is 1. The molecule has 3 rings (SSSR count). The second-order valence-corrected chi connectivity index (χ2v) is 5.04. The van der Waals surface area contributed by atoms with Gasteiger partial charge in [0.2, 0.25) is 0 Å². The van der Waals surface area contributed by atoms with E-state index in [-0.39, 0.29) is 12.2 Å². The Morgan fingerprint density at radius 3 is 2.91 bits per heavy atom. The van der Waals surface area contributed by atoms with E-state index in [4.69, 9.17) is 9.84 Å². The Balaban J connectivity index is 1.86. The maximum atomic E-state index is 11.0. The van der Waals surface area contributed by atoms with E-state index in [1.807, 2.05) is 32.2 Å². The molecular formula is C16H15N3O3. The van der Waals surface area contributed by atoms with Gasteiger partial charge in [-0.25, -0.2) is 9.78 Å². The Morgan fingerprint density at radius 2 is 2.14 bits per heavy atom. The molecule has 0 radical (unpaired) electrons. The predicted octanol–water partition coefficient (Wildman–Crippen LogP) is 2.55. The second-order valence-electron chi connectivity index (χ2n) is 5.04. The number of hydrogen-bond donors (Lipinski definition) is 1. The monoisotopic (exact) mass is 297 g/mol. The molecule has 0 saturated heterocycles. The molecule has 0 aliphatic carbocycles. The number of aryl methyl sites for hydroxylation is 2. The van der Waals surface area contributed by atoms with Gasteiger partial charge in [-0.05, 0) is 36.8 Å². The third-order valence-electron chi connectivity index (χ3n) is 3.35. The van der Waals surface area contributed by atoms with E-state index in [0.29, 0.717) is 11.4 Å². The van der Waals surface area contributed by atoms with Crippen molar-refractivity contribution in [1.82, 2.24) is 14.8 Å². The molecule has 0 fully saturated rings. The summed E-state index contributed by atoms with van der Waals surface area (Å²) in [5.74, 6) is -0.510. The van der Waals surface area contributed by atoms with E-state index in [1.54, 1.807) is 22.9 Å². The zero-order chi connectivity index (χ0) is 15.7. The van der Waals surface area contributed by atoms with Crippen LogP contribution in [0.5, 0.6) is 5.88 Å². The van der Waals surface area contributed by atoms with Crippen LogP contribution in [0.3, 0.4) is 0 Å². The molecule has 0 aliphatic heterocycles. The van der Waals surface area contributed by atoms with Gasteiger partial charge >= 0.3 is 5.97 Å². The fourth-order valence-electron chi connectivity index (χ4n) is 2.25. The summed E-state index contributed by atoms with van der Waals surface area (Å²) in [4.78, 5) is 15.4. The molecular weight excluding hydrogens is 282 g/mol. The zero-order valence-electron chi connectivity index (χ0n) is 12.3. The number of ether oxygens (including phenoxy) is 1. The van der Waals surface area contributed by atoms with E-state index in [2.05, 4.69) is 10.1 Å². The molecule has 3 aromatic rings. The fourth-order valence-corrected chi connectivity index (χ4v) is 2.25. The summed E-state index contributed by atoms with van der Waals surface area (Å²) in [5, 5.41) is 13.3. The number of carbonyl (C=O) groups is 1. The van der Waals surface area contributed by atoms with Gasteiger partial charge in [-0.1, -0.05) is 12.1 Å². The number of benzene rings is 1. The smallest absolute Gasteiger partial charge is 0.335 e. The van der Waals surface area contributed by atoms with Crippen LogP contribution in [0.15, 0.2) is 36.4 Å². The highest BCUT2D eigenvalue weighted by molar-refractivity contribution is 5.87. The first kappa shape index (κ1) is 14.1. The molecule has 6 heteroatoms. The van der Waals surface area contributed by atoms with Gasteiger partial charge < -0.3 is 9.84 Å². The molecule has 2 heterocycles. The van der Waals surface area contributed by atoms with Crippen molar-refractivity contribution in [2.75, 3.05) is 0 Å². The van der Waals surface area contributed by atoms with Gasteiger partial charge in [-0.3, -0.25) is 4.68 Å². The maximum absolute atomic E-state index is 11.0. The van der Waals surface area contributed by atoms with Gasteiger partial charge in [0, 0.05) is 12.7 Å². The van der Waals surface area contributed by atoms with Crippen molar-refractivity contribution < 1.29 is 14.6 Å². The van der Waals surface area contributed by atoms with Crippen LogP contribution in [0.1, 0.15) is 21.6 Å². The number of nitrogens with zero attached hydrogens (tertiary/aromatic N) is 3. The first-order valence-electron chi connectivity index (χ1n) is 6.80. The van der Waals surface area contributed by atoms with Crippen molar-refractivity contribution in [2.45, 2.75) is 13.5 Å².